The summed E-state index contributed by atoms with van der Waals surface area (Å²) in [7, 11) is 0. The maximum absolute atomic E-state index is 13.0. The molecular formula is C19H24N2O2. The molecule has 2 aromatic rings. The quantitative estimate of drug-likeness (QED) is 0.861. The molecule has 1 saturated heterocycles. The van der Waals surface area contributed by atoms with Crippen LogP contribution in [-0.2, 0) is 11.2 Å². The Morgan fingerprint density at radius 2 is 2.00 bits per heavy atom. The number of benzene rings is 1. The molecular weight excluding hydrogens is 288 g/mol. The van der Waals surface area contributed by atoms with Crippen LogP contribution in [-0.4, -0.2) is 22.5 Å². The molecule has 1 aromatic heterocycles. The third-order valence-corrected chi connectivity index (χ3v) is 4.77. The van der Waals surface area contributed by atoms with Crippen LogP contribution in [0.3, 0.4) is 0 Å². The fourth-order valence-corrected chi connectivity index (χ4v) is 3.44. The zero-order chi connectivity index (χ0) is 16.2. The number of amides is 1. The molecule has 1 aromatic carbocycles. The maximum Gasteiger partial charge on any atom is 0.227 e. The van der Waals surface area contributed by atoms with E-state index in [4.69, 9.17) is 4.52 Å². The Labute approximate surface area is 137 Å². The summed E-state index contributed by atoms with van der Waals surface area (Å²) in [5.41, 5.74) is 2.99. The summed E-state index contributed by atoms with van der Waals surface area (Å²) in [6.45, 7) is 4.61. The minimum Gasteiger partial charge on any atom is -0.361 e. The zero-order valence-electron chi connectivity index (χ0n) is 13.9. The summed E-state index contributed by atoms with van der Waals surface area (Å²) in [6, 6.07) is 10.6. The monoisotopic (exact) mass is 312 g/mol. The van der Waals surface area contributed by atoms with Crippen LogP contribution in [0.25, 0.3) is 0 Å². The highest BCUT2D eigenvalue weighted by Crippen LogP contribution is 2.31. The van der Waals surface area contributed by atoms with Gasteiger partial charge in [0, 0.05) is 12.1 Å². The molecule has 1 atom stereocenters. The third-order valence-electron chi connectivity index (χ3n) is 4.77. The van der Waals surface area contributed by atoms with Crippen LogP contribution in [0, 0.1) is 13.8 Å². The van der Waals surface area contributed by atoms with E-state index in [-0.39, 0.29) is 11.9 Å². The van der Waals surface area contributed by atoms with Gasteiger partial charge in [0.05, 0.1) is 18.2 Å². The van der Waals surface area contributed by atoms with Crippen molar-refractivity contribution in [2.75, 3.05) is 6.54 Å². The Bertz CT molecular complexity index is 644. The first-order chi connectivity index (χ1) is 11.2. The molecule has 1 aliphatic rings. The van der Waals surface area contributed by atoms with Crippen LogP contribution in [0.4, 0.5) is 0 Å². The molecule has 0 spiro atoms. The summed E-state index contributed by atoms with van der Waals surface area (Å²) in [5.74, 6) is 0.928. The third kappa shape index (κ3) is 3.46. The minimum absolute atomic E-state index is 0.176. The Balaban J connectivity index is 1.83. The molecule has 0 bridgehead atoms. The van der Waals surface area contributed by atoms with E-state index in [2.05, 4.69) is 34.3 Å². The van der Waals surface area contributed by atoms with Crippen LogP contribution in [0.5, 0.6) is 0 Å². The highest BCUT2D eigenvalue weighted by molar-refractivity contribution is 5.79. The summed E-state index contributed by atoms with van der Waals surface area (Å²) in [4.78, 5) is 15.0. The Kier molecular flexibility index (Phi) is 4.79. The SMILES string of the molecule is Cc1noc(C)c1CC(=O)N1CCCCC[C@H]1c1ccccc1. The van der Waals surface area contributed by atoms with Crippen molar-refractivity contribution in [3.05, 3.63) is 52.9 Å². The van der Waals surface area contributed by atoms with Gasteiger partial charge in [0.15, 0.2) is 0 Å². The number of nitrogens with zero attached hydrogens (tertiary/aromatic N) is 2. The lowest BCUT2D eigenvalue weighted by molar-refractivity contribution is -0.133. The van der Waals surface area contributed by atoms with Gasteiger partial charge in [-0.05, 0) is 32.3 Å². The van der Waals surface area contributed by atoms with Crippen molar-refractivity contribution in [1.29, 1.82) is 0 Å². The predicted octanol–water partition coefficient (Wildman–Crippen LogP) is 3.98. The molecule has 0 aliphatic carbocycles. The van der Waals surface area contributed by atoms with Crippen LogP contribution in [0.2, 0.25) is 0 Å². The second-order valence-corrected chi connectivity index (χ2v) is 6.34. The summed E-state index contributed by atoms with van der Waals surface area (Å²) < 4.78 is 5.20. The average molecular weight is 312 g/mol. The maximum atomic E-state index is 13.0. The van der Waals surface area contributed by atoms with E-state index in [1.54, 1.807) is 0 Å². The zero-order valence-corrected chi connectivity index (χ0v) is 13.9. The van der Waals surface area contributed by atoms with E-state index < -0.39 is 0 Å². The molecule has 1 aliphatic heterocycles. The van der Waals surface area contributed by atoms with Crippen LogP contribution in [0.15, 0.2) is 34.9 Å². The first-order valence-corrected chi connectivity index (χ1v) is 8.43. The molecule has 4 nitrogen and oxygen atoms in total. The fraction of sp³-hybridized carbons (Fsp3) is 0.474. The highest BCUT2D eigenvalue weighted by Gasteiger charge is 2.27. The molecule has 23 heavy (non-hydrogen) atoms. The van der Waals surface area contributed by atoms with Gasteiger partial charge in [-0.3, -0.25) is 4.79 Å². The molecule has 3 rings (SSSR count). The number of rotatable bonds is 3. The largest absolute Gasteiger partial charge is 0.361 e. The van der Waals surface area contributed by atoms with Crippen LogP contribution >= 0.6 is 0 Å². The fourth-order valence-electron chi connectivity index (χ4n) is 3.44. The van der Waals surface area contributed by atoms with Gasteiger partial charge in [-0.15, -0.1) is 0 Å². The van der Waals surface area contributed by atoms with Crippen molar-refractivity contribution in [1.82, 2.24) is 10.1 Å². The van der Waals surface area contributed by atoms with Gasteiger partial charge in [-0.2, -0.15) is 0 Å². The molecule has 1 fully saturated rings. The summed E-state index contributed by atoms with van der Waals surface area (Å²) in [6.07, 6.45) is 4.87. The van der Waals surface area contributed by atoms with Crippen LogP contribution < -0.4 is 0 Å². The number of carbonyl (C=O) groups is 1. The van der Waals surface area contributed by atoms with E-state index in [0.29, 0.717) is 6.42 Å². The molecule has 1 amide bonds. The van der Waals surface area contributed by atoms with Gasteiger partial charge >= 0.3 is 0 Å². The van der Waals surface area contributed by atoms with Gasteiger partial charge in [0.25, 0.3) is 0 Å². The smallest absolute Gasteiger partial charge is 0.227 e. The van der Waals surface area contributed by atoms with Gasteiger partial charge in [-0.25, -0.2) is 0 Å². The Morgan fingerprint density at radius 3 is 2.70 bits per heavy atom. The normalized spacial score (nSPS) is 18.7. The molecule has 0 saturated carbocycles. The van der Waals surface area contributed by atoms with Gasteiger partial charge < -0.3 is 9.42 Å². The van der Waals surface area contributed by atoms with E-state index >= 15 is 0 Å². The molecule has 122 valence electrons. The Hall–Kier alpha value is -2.10. The van der Waals surface area contributed by atoms with E-state index in [1.807, 2.05) is 19.9 Å². The van der Waals surface area contributed by atoms with E-state index in [9.17, 15) is 4.79 Å². The molecule has 4 heteroatoms. The molecule has 2 heterocycles. The van der Waals surface area contributed by atoms with Crippen molar-refractivity contribution in [2.24, 2.45) is 0 Å². The van der Waals surface area contributed by atoms with Crippen LogP contribution in [0.1, 0.15) is 54.3 Å². The number of aromatic nitrogens is 1. The van der Waals surface area contributed by atoms with Crippen molar-refractivity contribution in [3.63, 3.8) is 0 Å². The Morgan fingerprint density at radius 1 is 1.22 bits per heavy atom. The first-order valence-electron chi connectivity index (χ1n) is 8.43. The standard InChI is InChI=1S/C19H24N2O2/c1-14-17(15(2)23-20-14)13-19(22)21-12-8-4-7-11-18(21)16-9-5-3-6-10-16/h3,5-6,9-10,18H,4,7-8,11-13H2,1-2H3/t18-/m0/s1. The van der Waals surface area contributed by atoms with Gasteiger partial charge in [0.1, 0.15) is 5.76 Å². The number of hydrogen-bond acceptors (Lipinski definition) is 3. The van der Waals surface area contributed by atoms with E-state index in [1.165, 1.54) is 18.4 Å². The highest BCUT2D eigenvalue weighted by atomic mass is 16.5. The number of aryl methyl sites for hydroxylation is 2. The van der Waals surface area contributed by atoms with Gasteiger partial charge in [0.2, 0.25) is 5.91 Å². The average Bonchev–Trinajstić information content (AvgIpc) is 2.79. The molecule has 0 radical (unpaired) electrons. The first kappa shape index (κ1) is 15.8. The second-order valence-electron chi connectivity index (χ2n) is 6.34. The lowest BCUT2D eigenvalue weighted by atomic mass is 10.00. The number of hydrogen-bond donors (Lipinski definition) is 0. The van der Waals surface area contributed by atoms with Gasteiger partial charge in [-0.1, -0.05) is 48.3 Å². The van der Waals surface area contributed by atoms with Crippen molar-refractivity contribution in [2.45, 2.75) is 52.0 Å². The molecule has 0 unspecified atom stereocenters. The minimum atomic E-state index is 0.176. The summed E-state index contributed by atoms with van der Waals surface area (Å²) >= 11 is 0. The lowest BCUT2D eigenvalue weighted by Crippen LogP contribution is -2.36. The van der Waals surface area contributed by atoms with Crippen molar-refractivity contribution < 1.29 is 9.32 Å². The topological polar surface area (TPSA) is 46.3 Å². The second kappa shape index (κ2) is 6.99. The van der Waals surface area contributed by atoms with Crippen molar-refractivity contribution >= 4 is 5.91 Å². The summed E-state index contributed by atoms with van der Waals surface area (Å²) in [5, 5.41) is 3.96. The van der Waals surface area contributed by atoms with E-state index in [0.717, 1.165) is 36.4 Å². The lowest BCUT2D eigenvalue weighted by Gasteiger charge is -2.30. The molecule has 0 N–H and O–H groups in total. The number of carbonyl (C=O) groups excluding carboxylic acids is 1. The van der Waals surface area contributed by atoms with Crippen molar-refractivity contribution in [3.8, 4) is 0 Å². The number of likely N-dealkylation sites (tertiary alicyclic amines) is 1. The predicted molar refractivity (Wildman–Crippen MR) is 89.0 cm³/mol.